The van der Waals surface area contributed by atoms with E-state index >= 15 is 0 Å². The fourth-order valence-corrected chi connectivity index (χ4v) is 3.92. The summed E-state index contributed by atoms with van der Waals surface area (Å²) >= 11 is 0. The Morgan fingerprint density at radius 3 is 2.87 bits per heavy atom. The number of rotatable bonds is 2. The van der Waals surface area contributed by atoms with Crippen molar-refractivity contribution in [1.29, 1.82) is 0 Å². The van der Waals surface area contributed by atoms with Gasteiger partial charge < -0.3 is 14.5 Å². The van der Waals surface area contributed by atoms with Gasteiger partial charge in [0, 0.05) is 32.0 Å². The summed E-state index contributed by atoms with van der Waals surface area (Å²) < 4.78 is 5.96. The van der Waals surface area contributed by atoms with Crippen molar-refractivity contribution in [1.82, 2.24) is 14.8 Å². The number of urea groups is 1. The molecule has 4 rings (SSSR count). The number of hydrogen-bond donors (Lipinski definition) is 0. The molecule has 1 aromatic rings. The van der Waals surface area contributed by atoms with Gasteiger partial charge in [-0.3, -0.25) is 4.98 Å². The molecule has 2 amide bonds. The maximum atomic E-state index is 13.0. The van der Waals surface area contributed by atoms with E-state index in [9.17, 15) is 4.79 Å². The van der Waals surface area contributed by atoms with Crippen LogP contribution >= 0.6 is 0 Å². The molecular formula is C18H25N3O2. The molecule has 23 heavy (non-hydrogen) atoms. The first-order valence-electron chi connectivity index (χ1n) is 8.90. The van der Waals surface area contributed by atoms with E-state index < -0.39 is 0 Å². The van der Waals surface area contributed by atoms with Gasteiger partial charge in [-0.15, -0.1) is 0 Å². The van der Waals surface area contributed by atoms with Crippen molar-refractivity contribution in [3.8, 4) is 0 Å². The van der Waals surface area contributed by atoms with Crippen LogP contribution in [-0.4, -0.2) is 53.2 Å². The third-order valence-electron chi connectivity index (χ3n) is 5.36. The van der Waals surface area contributed by atoms with Gasteiger partial charge in [-0.05, 0) is 49.7 Å². The van der Waals surface area contributed by atoms with Crippen LogP contribution in [0.1, 0.15) is 43.7 Å². The summed E-state index contributed by atoms with van der Waals surface area (Å²) in [7, 11) is 0. The minimum atomic E-state index is 0.177. The van der Waals surface area contributed by atoms with E-state index in [0.717, 1.165) is 50.4 Å². The van der Waals surface area contributed by atoms with E-state index in [1.807, 2.05) is 22.1 Å². The number of likely N-dealkylation sites (tertiary alicyclic amines) is 1. The monoisotopic (exact) mass is 315 g/mol. The van der Waals surface area contributed by atoms with Crippen LogP contribution < -0.4 is 0 Å². The Bertz CT molecular complexity index is 546. The Morgan fingerprint density at radius 2 is 2.09 bits per heavy atom. The molecule has 2 aliphatic heterocycles. The van der Waals surface area contributed by atoms with Crippen molar-refractivity contribution < 1.29 is 9.53 Å². The van der Waals surface area contributed by atoms with Gasteiger partial charge in [-0.2, -0.15) is 0 Å². The van der Waals surface area contributed by atoms with Crippen LogP contribution in [0, 0.1) is 5.92 Å². The Kier molecular flexibility index (Phi) is 4.21. The average molecular weight is 315 g/mol. The molecule has 0 spiro atoms. The van der Waals surface area contributed by atoms with Gasteiger partial charge in [0.2, 0.25) is 0 Å². The van der Waals surface area contributed by atoms with Crippen LogP contribution in [0.4, 0.5) is 4.79 Å². The van der Waals surface area contributed by atoms with Crippen molar-refractivity contribution in [3.05, 3.63) is 30.1 Å². The smallest absolute Gasteiger partial charge is 0.320 e. The van der Waals surface area contributed by atoms with Crippen LogP contribution in [0.2, 0.25) is 0 Å². The van der Waals surface area contributed by atoms with Gasteiger partial charge in [0.15, 0.2) is 0 Å². The van der Waals surface area contributed by atoms with Gasteiger partial charge in [0.05, 0.1) is 18.8 Å². The highest BCUT2D eigenvalue weighted by Gasteiger charge is 2.36. The first-order chi connectivity index (χ1) is 11.3. The minimum absolute atomic E-state index is 0.177. The summed E-state index contributed by atoms with van der Waals surface area (Å²) in [5.74, 6) is 0.750. The third-order valence-corrected chi connectivity index (χ3v) is 5.36. The van der Waals surface area contributed by atoms with E-state index in [0.29, 0.717) is 12.7 Å². The second kappa shape index (κ2) is 6.48. The van der Waals surface area contributed by atoms with E-state index in [1.165, 1.54) is 12.8 Å². The van der Waals surface area contributed by atoms with Crippen LogP contribution in [0.3, 0.4) is 0 Å². The molecule has 3 aliphatic rings. The zero-order chi connectivity index (χ0) is 15.6. The Labute approximate surface area is 137 Å². The summed E-state index contributed by atoms with van der Waals surface area (Å²) in [6.07, 6.45) is 9.75. The summed E-state index contributed by atoms with van der Waals surface area (Å²) in [4.78, 5) is 21.3. The minimum Gasteiger partial charge on any atom is -0.376 e. The molecule has 1 aliphatic carbocycles. The molecule has 124 valence electrons. The van der Waals surface area contributed by atoms with Crippen LogP contribution in [0.5, 0.6) is 0 Å². The fraction of sp³-hybridized carbons (Fsp3) is 0.667. The Morgan fingerprint density at radius 1 is 1.17 bits per heavy atom. The predicted octanol–water partition coefficient (Wildman–Crippen LogP) is 2.84. The molecule has 0 radical (unpaired) electrons. The standard InChI is InChI=1S/C18H25N3O2/c22-18(20-10-7-17(14-5-6-14)23-12-11-20)21-9-2-4-16(21)15-3-1-8-19-13-15/h1,3,8,13-14,16-17H,2,4-7,9-12H2. The lowest BCUT2D eigenvalue weighted by atomic mass is 10.1. The van der Waals surface area contributed by atoms with Crippen LogP contribution in [-0.2, 0) is 4.74 Å². The summed E-state index contributed by atoms with van der Waals surface area (Å²) in [6, 6.07) is 4.39. The van der Waals surface area contributed by atoms with E-state index in [-0.39, 0.29) is 12.1 Å². The van der Waals surface area contributed by atoms with E-state index in [2.05, 4.69) is 11.1 Å². The lowest BCUT2D eigenvalue weighted by molar-refractivity contribution is 0.0473. The molecule has 5 nitrogen and oxygen atoms in total. The zero-order valence-corrected chi connectivity index (χ0v) is 13.6. The number of ether oxygens (including phenoxy) is 1. The van der Waals surface area contributed by atoms with Crippen LogP contribution in [0.15, 0.2) is 24.5 Å². The lowest BCUT2D eigenvalue weighted by Crippen LogP contribution is -2.44. The van der Waals surface area contributed by atoms with Crippen molar-refractivity contribution in [2.45, 2.75) is 44.2 Å². The van der Waals surface area contributed by atoms with Gasteiger partial charge in [0.25, 0.3) is 0 Å². The summed E-state index contributed by atoms with van der Waals surface area (Å²) in [5.41, 5.74) is 1.15. The number of nitrogens with zero attached hydrogens (tertiary/aromatic N) is 3. The molecule has 2 atom stereocenters. The molecule has 2 unspecified atom stereocenters. The number of pyridine rings is 1. The molecule has 0 bridgehead atoms. The van der Waals surface area contributed by atoms with Gasteiger partial charge in [0.1, 0.15) is 0 Å². The molecule has 3 heterocycles. The SMILES string of the molecule is O=C(N1CCOC(C2CC2)CC1)N1CCCC1c1cccnc1. The molecule has 5 heteroatoms. The molecule has 2 saturated heterocycles. The highest BCUT2D eigenvalue weighted by atomic mass is 16.5. The molecule has 1 saturated carbocycles. The van der Waals surface area contributed by atoms with Gasteiger partial charge >= 0.3 is 6.03 Å². The van der Waals surface area contributed by atoms with Crippen molar-refractivity contribution in [3.63, 3.8) is 0 Å². The fourth-order valence-electron chi connectivity index (χ4n) is 3.92. The summed E-state index contributed by atoms with van der Waals surface area (Å²) in [6.45, 7) is 3.08. The molecule has 3 fully saturated rings. The largest absolute Gasteiger partial charge is 0.376 e. The molecule has 0 aromatic carbocycles. The number of aromatic nitrogens is 1. The maximum Gasteiger partial charge on any atom is 0.320 e. The normalized spacial score (nSPS) is 28.7. The summed E-state index contributed by atoms with van der Waals surface area (Å²) in [5, 5.41) is 0. The second-order valence-corrected chi connectivity index (χ2v) is 6.94. The Hall–Kier alpha value is -1.62. The van der Waals surface area contributed by atoms with E-state index in [1.54, 1.807) is 6.20 Å². The average Bonchev–Trinajstić information content (AvgIpc) is 3.35. The number of amides is 2. The van der Waals surface area contributed by atoms with Gasteiger partial charge in [-0.1, -0.05) is 6.07 Å². The highest BCUT2D eigenvalue weighted by Crippen LogP contribution is 2.37. The highest BCUT2D eigenvalue weighted by molar-refractivity contribution is 5.75. The van der Waals surface area contributed by atoms with E-state index in [4.69, 9.17) is 4.74 Å². The quantitative estimate of drug-likeness (QED) is 0.843. The molecule has 1 aromatic heterocycles. The molecular weight excluding hydrogens is 290 g/mol. The number of hydrogen-bond acceptors (Lipinski definition) is 3. The Balaban J connectivity index is 1.43. The number of carbonyl (C=O) groups excluding carboxylic acids is 1. The molecule has 0 N–H and O–H groups in total. The van der Waals surface area contributed by atoms with Crippen LogP contribution in [0.25, 0.3) is 0 Å². The number of carbonyl (C=O) groups is 1. The first kappa shape index (κ1) is 14.9. The maximum absolute atomic E-state index is 13.0. The lowest BCUT2D eigenvalue weighted by Gasteiger charge is -2.31. The van der Waals surface area contributed by atoms with Crippen molar-refractivity contribution in [2.75, 3.05) is 26.2 Å². The predicted molar refractivity (Wildman–Crippen MR) is 87.0 cm³/mol. The zero-order valence-electron chi connectivity index (χ0n) is 13.6. The second-order valence-electron chi connectivity index (χ2n) is 6.94. The van der Waals surface area contributed by atoms with Crippen molar-refractivity contribution in [2.24, 2.45) is 5.92 Å². The van der Waals surface area contributed by atoms with Gasteiger partial charge in [-0.25, -0.2) is 4.79 Å². The topological polar surface area (TPSA) is 45.7 Å². The first-order valence-corrected chi connectivity index (χ1v) is 8.90. The third kappa shape index (κ3) is 3.20. The van der Waals surface area contributed by atoms with Crippen molar-refractivity contribution >= 4 is 6.03 Å².